The zero-order chi connectivity index (χ0) is 21.6. The van der Waals surface area contributed by atoms with Gasteiger partial charge in [-0.2, -0.15) is 10.4 Å². The number of H-pyrrole nitrogens is 1. The molecule has 0 fully saturated rings. The Morgan fingerprint density at radius 1 is 1.17 bits per heavy atom. The van der Waals surface area contributed by atoms with Crippen molar-refractivity contribution in [2.24, 2.45) is 7.05 Å². The molecule has 6 nitrogen and oxygen atoms in total. The molecule has 0 spiro atoms. The maximum atomic E-state index is 15.2. The number of aryl methyl sites for hydroxylation is 1. The van der Waals surface area contributed by atoms with Gasteiger partial charge in [-0.3, -0.25) is 9.59 Å². The summed E-state index contributed by atoms with van der Waals surface area (Å²) in [4.78, 5) is 27.3. The van der Waals surface area contributed by atoms with Crippen LogP contribution >= 0.6 is 11.6 Å². The minimum atomic E-state index is -1.11. The van der Waals surface area contributed by atoms with Crippen LogP contribution in [0.1, 0.15) is 5.56 Å². The number of nitrogens with zero attached hydrogens (tertiary/aromatic N) is 3. The smallest absolute Gasteiger partial charge is 0.267 e. The third kappa shape index (κ3) is 3.15. The monoisotopic (exact) mass is 424 g/mol. The van der Waals surface area contributed by atoms with Gasteiger partial charge < -0.3 is 4.98 Å². The number of hydrogen-bond acceptors (Lipinski definition) is 4. The molecule has 0 saturated heterocycles. The van der Waals surface area contributed by atoms with Crippen molar-refractivity contribution in [1.29, 1.82) is 5.26 Å². The topological polar surface area (TPSA) is 91.5 Å². The third-order valence-electron chi connectivity index (χ3n) is 4.65. The van der Waals surface area contributed by atoms with E-state index in [1.807, 2.05) is 6.07 Å². The first-order chi connectivity index (χ1) is 14.3. The molecule has 148 valence electrons. The van der Waals surface area contributed by atoms with Crippen LogP contribution in [0.15, 0.2) is 52.2 Å². The minimum absolute atomic E-state index is 0.0803. The number of aromatic nitrogens is 3. The van der Waals surface area contributed by atoms with Crippen LogP contribution in [0.2, 0.25) is 5.02 Å². The summed E-state index contributed by atoms with van der Waals surface area (Å²) in [5.41, 5.74) is -1.10. The molecular weight excluding hydrogens is 414 g/mol. The van der Waals surface area contributed by atoms with Crippen molar-refractivity contribution in [2.75, 3.05) is 0 Å². The highest BCUT2D eigenvalue weighted by atomic mass is 35.5. The molecule has 30 heavy (non-hydrogen) atoms. The van der Waals surface area contributed by atoms with E-state index in [0.717, 1.165) is 29.1 Å². The van der Waals surface area contributed by atoms with Gasteiger partial charge in [0.25, 0.3) is 5.56 Å². The lowest BCUT2D eigenvalue weighted by Crippen LogP contribution is -2.18. The van der Waals surface area contributed by atoms with Crippen molar-refractivity contribution in [2.45, 2.75) is 0 Å². The number of nitriles is 1. The lowest BCUT2D eigenvalue weighted by molar-refractivity contribution is 0.596. The Morgan fingerprint density at radius 2 is 1.93 bits per heavy atom. The molecule has 0 radical (unpaired) electrons. The highest BCUT2D eigenvalue weighted by Gasteiger charge is 2.20. The molecule has 0 aliphatic carbocycles. The van der Waals surface area contributed by atoms with Crippen molar-refractivity contribution in [3.8, 4) is 28.5 Å². The molecule has 1 N–H and O–H groups in total. The Morgan fingerprint density at radius 3 is 2.63 bits per heavy atom. The molecule has 2 aromatic carbocycles. The summed E-state index contributed by atoms with van der Waals surface area (Å²) in [5, 5.41) is 12.7. The second-order valence-corrected chi connectivity index (χ2v) is 6.94. The van der Waals surface area contributed by atoms with Gasteiger partial charge in [-0.1, -0.05) is 11.6 Å². The average Bonchev–Trinajstić information content (AvgIpc) is 2.70. The molecule has 2 aromatic heterocycles. The molecule has 0 aliphatic rings. The van der Waals surface area contributed by atoms with Crippen LogP contribution in [0.4, 0.5) is 8.78 Å². The van der Waals surface area contributed by atoms with Crippen LogP contribution in [-0.4, -0.2) is 14.8 Å². The van der Waals surface area contributed by atoms with Crippen LogP contribution in [0.5, 0.6) is 0 Å². The van der Waals surface area contributed by atoms with Gasteiger partial charge >= 0.3 is 0 Å². The van der Waals surface area contributed by atoms with Gasteiger partial charge in [0, 0.05) is 35.3 Å². The second-order valence-electron chi connectivity index (χ2n) is 6.53. The van der Waals surface area contributed by atoms with Crippen LogP contribution in [0, 0.1) is 23.0 Å². The minimum Gasteiger partial charge on any atom is -0.354 e. The standard InChI is InChI=1S/C21H11ClF2N4O2/c1-28-18(30)5-11(9-26-28)19-14(23)6-16-20(21(19)24)17(29)7-15(27-16)12-4-10(8-25)2-3-13(12)22/h2-7,9H,1H3,(H,27,29). The molecule has 4 rings (SSSR count). The first-order valence-corrected chi connectivity index (χ1v) is 8.96. The number of rotatable bonds is 2. The first kappa shape index (κ1) is 19.5. The maximum Gasteiger partial charge on any atom is 0.267 e. The Bertz CT molecular complexity index is 1500. The van der Waals surface area contributed by atoms with Gasteiger partial charge in [-0.25, -0.2) is 13.5 Å². The number of pyridine rings is 1. The Labute approximate surface area is 172 Å². The zero-order valence-electron chi connectivity index (χ0n) is 15.3. The SMILES string of the molecule is Cn1ncc(-c2c(F)cc3[nH]c(-c4cc(C#N)ccc4Cl)cc(=O)c3c2F)cc1=O. The summed E-state index contributed by atoms with van der Waals surface area (Å²) >= 11 is 6.17. The van der Waals surface area contributed by atoms with E-state index >= 15 is 4.39 Å². The van der Waals surface area contributed by atoms with Crippen LogP contribution in [0.3, 0.4) is 0 Å². The summed E-state index contributed by atoms with van der Waals surface area (Å²) in [6, 6.07) is 9.56. The fraction of sp³-hybridized carbons (Fsp3) is 0.0476. The van der Waals surface area contributed by atoms with Crippen molar-refractivity contribution in [3.05, 3.63) is 85.4 Å². The van der Waals surface area contributed by atoms with Gasteiger partial charge in [0.2, 0.25) is 0 Å². The lowest BCUT2D eigenvalue weighted by Gasteiger charge is -2.11. The summed E-state index contributed by atoms with van der Waals surface area (Å²) in [5.74, 6) is -2.08. The Hall–Kier alpha value is -3.83. The van der Waals surface area contributed by atoms with Crippen molar-refractivity contribution < 1.29 is 8.78 Å². The predicted molar refractivity (Wildman–Crippen MR) is 108 cm³/mol. The summed E-state index contributed by atoms with van der Waals surface area (Å²) in [7, 11) is 1.40. The lowest BCUT2D eigenvalue weighted by atomic mass is 10.0. The quantitative estimate of drug-likeness (QED) is 0.530. The van der Waals surface area contributed by atoms with E-state index in [4.69, 9.17) is 16.9 Å². The average molecular weight is 425 g/mol. The molecular formula is C21H11ClF2N4O2. The van der Waals surface area contributed by atoms with Crippen LogP contribution in [-0.2, 0) is 7.05 Å². The Balaban J connectivity index is 1.99. The number of nitrogens with one attached hydrogen (secondary N) is 1. The number of fused-ring (bicyclic) bond motifs is 1. The largest absolute Gasteiger partial charge is 0.354 e. The number of hydrogen-bond donors (Lipinski definition) is 1. The van der Waals surface area contributed by atoms with E-state index in [2.05, 4.69) is 10.1 Å². The van der Waals surface area contributed by atoms with Crippen LogP contribution < -0.4 is 11.0 Å². The molecule has 0 unspecified atom stereocenters. The third-order valence-corrected chi connectivity index (χ3v) is 4.98. The number of aromatic amines is 1. The van der Waals surface area contributed by atoms with Gasteiger partial charge in [-0.05, 0) is 24.3 Å². The molecule has 0 bridgehead atoms. The molecule has 0 aliphatic heterocycles. The highest BCUT2D eigenvalue weighted by molar-refractivity contribution is 6.33. The van der Waals surface area contributed by atoms with Crippen molar-refractivity contribution >= 4 is 22.5 Å². The highest BCUT2D eigenvalue weighted by Crippen LogP contribution is 2.32. The van der Waals surface area contributed by atoms with Crippen molar-refractivity contribution in [1.82, 2.24) is 14.8 Å². The normalized spacial score (nSPS) is 10.9. The first-order valence-electron chi connectivity index (χ1n) is 8.59. The van der Waals surface area contributed by atoms with Crippen molar-refractivity contribution in [3.63, 3.8) is 0 Å². The fourth-order valence-corrected chi connectivity index (χ4v) is 3.38. The van der Waals surface area contributed by atoms with E-state index < -0.39 is 28.2 Å². The molecule has 9 heteroatoms. The molecule has 0 atom stereocenters. The second kappa shape index (κ2) is 7.21. The number of halogens is 3. The van der Waals surface area contributed by atoms with Gasteiger partial charge in [0.05, 0.1) is 40.0 Å². The summed E-state index contributed by atoms with van der Waals surface area (Å²) < 4.78 is 31.0. The molecule has 2 heterocycles. The van der Waals surface area contributed by atoms with E-state index in [9.17, 15) is 14.0 Å². The maximum absolute atomic E-state index is 15.2. The predicted octanol–water partition coefficient (Wildman–Crippen LogP) is 3.76. The van der Waals surface area contributed by atoms with E-state index in [0.29, 0.717) is 11.1 Å². The van der Waals surface area contributed by atoms with Crippen LogP contribution in [0.25, 0.3) is 33.3 Å². The van der Waals surface area contributed by atoms with E-state index in [1.165, 1.54) is 25.2 Å². The fourth-order valence-electron chi connectivity index (χ4n) is 3.16. The summed E-state index contributed by atoms with van der Waals surface area (Å²) in [6.07, 6.45) is 1.14. The van der Waals surface area contributed by atoms with E-state index in [-0.39, 0.29) is 27.2 Å². The number of benzene rings is 2. The van der Waals surface area contributed by atoms with Gasteiger partial charge in [0.1, 0.15) is 11.6 Å². The van der Waals surface area contributed by atoms with Gasteiger partial charge in [-0.15, -0.1) is 0 Å². The zero-order valence-corrected chi connectivity index (χ0v) is 16.1. The van der Waals surface area contributed by atoms with Gasteiger partial charge in [0.15, 0.2) is 5.43 Å². The van der Waals surface area contributed by atoms with E-state index in [1.54, 1.807) is 0 Å². The summed E-state index contributed by atoms with van der Waals surface area (Å²) in [6.45, 7) is 0. The molecule has 0 saturated carbocycles. The molecule has 4 aromatic rings. The Kier molecular flexibility index (Phi) is 4.68. The molecule has 0 amide bonds.